The quantitative estimate of drug-likeness (QED) is 0.622. The van der Waals surface area contributed by atoms with E-state index in [1.165, 1.54) is 0 Å². The predicted octanol–water partition coefficient (Wildman–Crippen LogP) is 1.89. The normalized spacial score (nSPS) is 9.18. The van der Waals surface area contributed by atoms with Gasteiger partial charge in [0.2, 0.25) is 0 Å². The third kappa shape index (κ3) is 5.64. The van der Waals surface area contributed by atoms with Gasteiger partial charge in [-0.1, -0.05) is 11.6 Å². The molecule has 0 aliphatic rings. The fraction of sp³-hybridized carbons (Fsp3) is 0.273. The van der Waals surface area contributed by atoms with Gasteiger partial charge in [0.25, 0.3) is 0 Å². The highest BCUT2D eigenvalue weighted by molar-refractivity contribution is 6.30. The molecule has 6 heteroatoms. The van der Waals surface area contributed by atoms with Crippen molar-refractivity contribution in [3.63, 3.8) is 0 Å². The van der Waals surface area contributed by atoms with Crippen LogP contribution in [0, 0.1) is 11.3 Å². The number of ether oxygens (including phenoxy) is 1. The van der Waals surface area contributed by atoms with E-state index >= 15 is 0 Å². The summed E-state index contributed by atoms with van der Waals surface area (Å²) in [4.78, 5) is 11.1. The van der Waals surface area contributed by atoms with Gasteiger partial charge in [0.05, 0.1) is 12.5 Å². The number of hydrogen-bond acceptors (Lipinski definition) is 3. The summed E-state index contributed by atoms with van der Waals surface area (Å²) in [6.07, 6.45) is 0.283. The van der Waals surface area contributed by atoms with Gasteiger partial charge in [-0.15, -0.1) is 0 Å². The Morgan fingerprint density at radius 2 is 2.06 bits per heavy atom. The number of nitrogens with one attached hydrogen (secondary N) is 2. The molecule has 0 radical (unpaired) electrons. The smallest absolute Gasteiger partial charge is 0.317 e. The fourth-order valence-electron chi connectivity index (χ4n) is 1.01. The van der Waals surface area contributed by atoms with Crippen molar-refractivity contribution in [2.24, 2.45) is 0 Å². The minimum absolute atomic E-state index is 0.0556. The second kappa shape index (κ2) is 7.36. The number of urea groups is 1. The molecule has 2 N–H and O–H groups in total. The van der Waals surface area contributed by atoms with E-state index in [-0.39, 0.29) is 19.2 Å². The van der Waals surface area contributed by atoms with Gasteiger partial charge in [0.1, 0.15) is 5.75 Å². The molecule has 2 amide bonds. The van der Waals surface area contributed by atoms with Crippen LogP contribution in [0.5, 0.6) is 5.75 Å². The maximum absolute atomic E-state index is 11.1. The number of benzene rings is 1. The molecular weight excluding hydrogens is 242 g/mol. The van der Waals surface area contributed by atoms with E-state index in [4.69, 9.17) is 21.6 Å². The lowest BCUT2D eigenvalue weighted by molar-refractivity contribution is 0.224. The van der Waals surface area contributed by atoms with Crippen LogP contribution in [0.15, 0.2) is 24.3 Å². The van der Waals surface area contributed by atoms with Crippen LogP contribution in [0.3, 0.4) is 0 Å². The van der Waals surface area contributed by atoms with Gasteiger partial charge in [0, 0.05) is 11.6 Å². The zero-order valence-corrected chi connectivity index (χ0v) is 9.83. The summed E-state index contributed by atoms with van der Waals surface area (Å²) in [7, 11) is 0. The van der Waals surface area contributed by atoms with Crippen LogP contribution in [0.1, 0.15) is 6.42 Å². The minimum Gasteiger partial charge on any atom is -0.473 e. The van der Waals surface area contributed by atoms with E-state index in [0.29, 0.717) is 17.3 Å². The fourth-order valence-corrected chi connectivity index (χ4v) is 1.14. The summed E-state index contributed by atoms with van der Waals surface area (Å²) in [5.74, 6) is 0.617. The van der Waals surface area contributed by atoms with E-state index in [2.05, 4.69) is 10.6 Å². The SMILES string of the molecule is N#CCCNC(=O)NCOc1ccc(Cl)cc1. The third-order valence-corrected chi connectivity index (χ3v) is 2.06. The Morgan fingerprint density at radius 3 is 2.71 bits per heavy atom. The third-order valence-electron chi connectivity index (χ3n) is 1.81. The summed E-state index contributed by atoms with van der Waals surface area (Å²) < 4.78 is 5.24. The molecule has 0 fully saturated rings. The van der Waals surface area contributed by atoms with Crippen LogP contribution in [0.2, 0.25) is 5.02 Å². The van der Waals surface area contributed by atoms with E-state index in [0.717, 1.165) is 0 Å². The zero-order valence-electron chi connectivity index (χ0n) is 9.07. The van der Waals surface area contributed by atoms with Crippen LogP contribution in [-0.2, 0) is 0 Å². The van der Waals surface area contributed by atoms with Crippen molar-refractivity contribution < 1.29 is 9.53 Å². The summed E-state index contributed by atoms with van der Waals surface area (Å²) in [6, 6.07) is 8.37. The number of amides is 2. The molecule has 0 aliphatic carbocycles. The summed E-state index contributed by atoms with van der Waals surface area (Å²) in [5, 5.41) is 13.9. The molecule has 0 bridgehead atoms. The van der Waals surface area contributed by atoms with Crippen LogP contribution >= 0.6 is 11.6 Å². The monoisotopic (exact) mass is 253 g/mol. The Hall–Kier alpha value is -1.93. The van der Waals surface area contributed by atoms with E-state index < -0.39 is 0 Å². The number of nitriles is 1. The minimum atomic E-state index is -0.366. The maximum Gasteiger partial charge on any atom is 0.317 e. The first-order chi connectivity index (χ1) is 8.22. The number of rotatable bonds is 5. The Morgan fingerprint density at radius 1 is 1.35 bits per heavy atom. The molecule has 0 aliphatic heterocycles. The van der Waals surface area contributed by atoms with Crippen molar-refractivity contribution in [3.8, 4) is 11.8 Å². The molecule has 0 saturated heterocycles. The maximum atomic E-state index is 11.1. The highest BCUT2D eigenvalue weighted by Gasteiger charge is 1.98. The predicted molar refractivity (Wildman–Crippen MR) is 63.7 cm³/mol. The van der Waals surface area contributed by atoms with E-state index in [1.807, 2.05) is 6.07 Å². The van der Waals surface area contributed by atoms with Crippen molar-refractivity contribution in [2.75, 3.05) is 13.3 Å². The van der Waals surface area contributed by atoms with Crippen molar-refractivity contribution in [3.05, 3.63) is 29.3 Å². The van der Waals surface area contributed by atoms with Crippen molar-refractivity contribution in [2.45, 2.75) is 6.42 Å². The molecule has 0 atom stereocenters. The molecule has 0 saturated carbocycles. The van der Waals surface area contributed by atoms with Gasteiger partial charge in [-0.25, -0.2) is 4.79 Å². The lowest BCUT2D eigenvalue weighted by Gasteiger charge is -2.08. The van der Waals surface area contributed by atoms with Crippen LogP contribution < -0.4 is 15.4 Å². The van der Waals surface area contributed by atoms with Crippen LogP contribution in [0.25, 0.3) is 0 Å². The van der Waals surface area contributed by atoms with Gasteiger partial charge in [0.15, 0.2) is 6.73 Å². The van der Waals surface area contributed by atoms with Gasteiger partial charge >= 0.3 is 6.03 Å². The average molecular weight is 254 g/mol. The molecule has 17 heavy (non-hydrogen) atoms. The van der Waals surface area contributed by atoms with E-state index in [1.54, 1.807) is 24.3 Å². The summed E-state index contributed by atoms with van der Waals surface area (Å²) in [5.41, 5.74) is 0. The lowest BCUT2D eigenvalue weighted by atomic mass is 10.3. The summed E-state index contributed by atoms with van der Waals surface area (Å²) >= 11 is 5.71. The Labute approximate surface area is 104 Å². The number of nitrogens with zero attached hydrogens (tertiary/aromatic N) is 1. The van der Waals surface area contributed by atoms with Crippen molar-refractivity contribution >= 4 is 17.6 Å². The highest BCUT2D eigenvalue weighted by Crippen LogP contribution is 2.14. The first kappa shape index (κ1) is 13.1. The Balaban J connectivity index is 2.17. The van der Waals surface area contributed by atoms with E-state index in [9.17, 15) is 4.79 Å². The molecule has 0 spiro atoms. The Kier molecular flexibility index (Phi) is 5.69. The summed E-state index contributed by atoms with van der Waals surface area (Å²) in [6.45, 7) is 0.378. The molecule has 1 rings (SSSR count). The van der Waals surface area contributed by atoms with Gasteiger partial charge in [-0.2, -0.15) is 5.26 Å². The highest BCUT2D eigenvalue weighted by atomic mass is 35.5. The number of hydrogen-bond donors (Lipinski definition) is 2. The second-order valence-corrected chi connectivity index (χ2v) is 3.52. The molecule has 1 aromatic rings. The Bertz CT molecular complexity index is 400. The molecule has 0 unspecified atom stereocenters. The average Bonchev–Trinajstić information content (AvgIpc) is 2.32. The molecule has 5 nitrogen and oxygen atoms in total. The van der Waals surface area contributed by atoms with Crippen molar-refractivity contribution in [1.29, 1.82) is 5.26 Å². The number of halogens is 1. The van der Waals surface area contributed by atoms with Crippen molar-refractivity contribution in [1.82, 2.24) is 10.6 Å². The second-order valence-electron chi connectivity index (χ2n) is 3.08. The molecule has 1 aromatic carbocycles. The first-order valence-electron chi connectivity index (χ1n) is 4.99. The molecule has 90 valence electrons. The number of carbonyl (C=O) groups is 1. The first-order valence-corrected chi connectivity index (χ1v) is 5.37. The molecular formula is C11H12ClN3O2. The van der Waals surface area contributed by atoms with Gasteiger partial charge < -0.3 is 15.4 Å². The number of carbonyl (C=O) groups excluding carboxylic acids is 1. The standard InChI is InChI=1S/C11H12ClN3O2/c12-9-2-4-10(5-3-9)17-8-15-11(16)14-7-1-6-13/h2-5H,1,7-8H2,(H2,14,15,16). The van der Waals surface area contributed by atoms with Crippen LogP contribution in [-0.4, -0.2) is 19.3 Å². The topological polar surface area (TPSA) is 74.2 Å². The molecule has 0 heterocycles. The zero-order chi connectivity index (χ0) is 12.5. The lowest BCUT2D eigenvalue weighted by Crippen LogP contribution is -2.38. The van der Waals surface area contributed by atoms with Gasteiger partial charge in [-0.05, 0) is 24.3 Å². The largest absolute Gasteiger partial charge is 0.473 e. The van der Waals surface area contributed by atoms with Crippen LogP contribution in [0.4, 0.5) is 4.79 Å². The molecule has 0 aromatic heterocycles. The van der Waals surface area contributed by atoms with Gasteiger partial charge in [-0.3, -0.25) is 0 Å².